The molecule has 2 aromatic rings. The maximum Gasteiger partial charge on any atom is 0.251 e. The molecule has 0 radical (unpaired) electrons. The van der Waals surface area contributed by atoms with Crippen LogP contribution in [0, 0.1) is 5.92 Å². The van der Waals surface area contributed by atoms with Crippen molar-refractivity contribution in [2.75, 3.05) is 18.0 Å². The molecule has 1 amide bonds. The minimum absolute atomic E-state index is 0.0217. The standard InChI is InChI=1S/C21H25BrN2O/c1-15-11-13-24(14-12-15)20-9-5-17(6-10-20)16(2)23-21(25)18-3-7-19(22)8-4-18/h3-10,15-16H,11-14H2,1-2H3,(H,23,25)/t16-/m0/s1. The Morgan fingerprint density at radius 1 is 1.08 bits per heavy atom. The van der Waals surface area contributed by atoms with Gasteiger partial charge in [0.05, 0.1) is 6.04 Å². The second-order valence-electron chi connectivity index (χ2n) is 6.96. The fraction of sp³-hybridized carbons (Fsp3) is 0.381. The quantitative estimate of drug-likeness (QED) is 0.766. The Balaban J connectivity index is 1.61. The van der Waals surface area contributed by atoms with Crippen molar-refractivity contribution in [1.82, 2.24) is 5.32 Å². The molecule has 3 rings (SSSR count). The fourth-order valence-corrected chi connectivity index (χ4v) is 3.47. The number of piperidine rings is 1. The number of benzene rings is 2. The Hall–Kier alpha value is -1.81. The molecule has 0 spiro atoms. The van der Waals surface area contributed by atoms with Crippen molar-refractivity contribution in [1.29, 1.82) is 0 Å². The van der Waals surface area contributed by atoms with E-state index in [1.165, 1.54) is 18.5 Å². The molecule has 1 aliphatic rings. The van der Waals surface area contributed by atoms with Gasteiger partial charge in [0.1, 0.15) is 0 Å². The molecule has 1 aliphatic heterocycles. The van der Waals surface area contributed by atoms with Crippen molar-refractivity contribution in [3.63, 3.8) is 0 Å². The average Bonchev–Trinajstić information content (AvgIpc) is 2.63. The van der Waals surface area contributed by atoms with Crippen LogP contribution in [-0.4, -0.2) is 19.0 Å². The molecule has 1 saturated heterocycles. The molecule has 4 heteroatoms. The first-order valence-electron chi connectivity index (χ1n) is 8.94. The summed E-state index contributed by atoms with van der Waals surface area (Å²) >= 11 is 3.39. The number of hydrogen-bond acceptors (Lipinski definition) is 2. The lowest BCUT2D eigenvalue weighted by molar-refractivity contribution is 0.0940. The molecule has 0 aliphatic carbocycles. The molecule has 1 atom stereocenters. The van der Waals surface area contributed by atoms with Crippen molar-refractivity contribution < 1.29 is 4.79 Å². The minimum Gasteiger partial charge on any atom is -0.372 e. The third kappa shape index (κ3) is 4.63. The molecule has 3 nitrogen and oxygen atoms in total. The van der Waals surface area contributed by atoms with E-state index in [0.29, 0.717) is 5.56 Å². The lowest BCUT2D eigenvalue weighted by Gasteiger charge is -2.32. The maximum atomic E-state index is 12.4. The number of anilines is 1. The van der Waals surface area contributed by atoms with Crippen molar-refractivity contribution in [3.05, 3.63) is 64.1 Å². The second-order valence-corrected chi connectivity index (χ2v) is 7.88. The largest absolute Gasteiger partial charge is 0.372 e. The number of nitrogens with one attached hydrogen (secondary N) is 1. The van der Waals surface area contributed by atoms with E-state index in [1.54, 1.807) is 0 Å². The van der Waals surface area contributed by atoms with Gasteiger partial charge in [-0.15, -0.1) is 0 Å². The Labute approximate surface area is 158 Å². The zero-order valence-electron chi connectivity index (χ0n) is 14.8. The van der Waals surface area contributed by atoms with Gasteiger partial charge < -0.3 is 10.2 Å². The lowest BCUT2D eigenvalue weighted by atomic mass is 9.98. The molecule has 0 unspecified atom stereocenters. The van der Waals surface area contributed by atoms with Crippen molar-refractivity contribution in [3.8, 4) is 0 Å². The summed E-state index contributed by atoms with van der Waals surface area (Å²) in [5.41, 5.74) is 3.08. The van der Waals surface area contributed by atoms with Crippen LogP contribution in [0.4, 0.5) is 5.69 Å². The van der Waals surface area contributed by atoms with E-state index in [9.17, 15) is 4.79 Å². The third-order valence-electron chi connectivity index (χ3n) is 5.00. The highest BCUT2D eigenvalue weighted by Crippen LogP contribution is 2.24. The highest BCUT2D eigenvalue weighted by atomic mass is 79.9. The van der Waals surface area contributed by atoms with Crippen LogP contribution in [0.25, 0.3) is 0 Å². The predicted molar refractivity (Wildman–Crippen MR) is 107 cm³/mol. The van der Waals surface area contributed by atoms with Gasteiger partial charge in [0.15, 0.2) is 0 Å². The summed E-state index contributed by atoms with van der Waals surface area (Å²) in [6.07, 6.45) is 2.53. The summed E-state index contributed by atoms with van der Waals surface area (Å²) in [5.74, 6) is 0.790. The highest BCUT2D eigenvalue weighted by Gasteiger charge is 2.16. The molecule has 0 bridgehead atoms. The summed E-state index contributed by atoms with van der Waals surface area (Å²) in [4.78, 5) is 14.8. The normalized spacial score (nSPS) is 16.5. The number of carbonyl (C=O) groups excluding carboxylic acids is 1. The minimum atomic E-state index is -0.0471. The van der Waals surface area contributed by atoms with Crippen LogP contribution < -0.4 is 10.2 Å². The van der Waals surface area contributed by atoms with E-state index in [2.05, 4.69) is 57.3 Å². The van der Waals surface area contributed by atoms with Gasteiger partial charge in [0, 0.05) is 28.8 Å². The first kappa shape index (κ1) is 18.0. The van der Waals surface area contributed by atoms with Gasteiger partial charge in [-0.1, -0.05) is 35.0 Å². The van der Waals surface area contributed by atoms with Gasteiger partial charge in [0.25, 0.3) is 5.91 Å². The Morgan fingerprint density at radius 2 is 1.68 bits per heavy atom. The molecular weight excluding hydrogens is 376 g/mol. The van der Waals surface area contributed by atoms with E-state index >= 15 is 0 Å². The first-order valence-corrected chi connectivity index (χ1v) is 9.73. The van der Waals surface area contributed by atoms with Gasteiger partial charge >= 0.3 is 0 Å². The van der Waals surface area contributed by atoms with E-state index in [0.717, 1.165) is 29.0 Å². The molecular formula is C21H25BrN2O. The number of nitrogens with zero attached hydrogens (tertiary/aromatic N) is 1. The van der Waals surface area contributed by atoms with Crippen molar-refractivity contribution in [2.45, 2.75) is 32.7 Å². The number of amides is 1. The van der Waals surface area contributed by atoms with Crippen LogP contribution >= 0.6 is 15.9 Å². The molecule has 1 N–H and O–H groups in total. The molecule has 132 valence electrons. The van der Waals surface area contributed by atoms with E-state index in [-0.39, 0.29) is 11.9 Å². The molecule has 0 aromatic heterocycles. The first-order chi connectivity index (χ1) is 12.0. The summed E-state index contributed by atoms with van der Waals surface area (Å²) in [7, 11) is 0. The summed E-state index contributed by atoms with van der Waals surface area (Å²) < 4.78 is 0.972. The van der Waals surface area contributed by atoms with Gasteiger partial charge in [-0.3, -0.25) is 4.79 Å². The van der Waals surface area contributed by atoms with E-state index in [4.69, 9.17) is 0 Å². The zero-order chi connectivity index (χ0) is 17.8. The van der Waals surface area contributed by atoms with Crippen molar-refractivity contribution >= 4 is 27.5 Å². The van der Waals surface area contributed by atoms with Gasteiger partial charge in [-0.05, 0) is 67.6 Å². The van der Waals surface area contributed by atoms with Gasteiger partial charge in [-0.2, -0.15) is 0 Å². The topological polar surface area (TPSA) is 32.3 Å². The Morgan fingerprint density at radius 3 is 2.28 bits per heavy atom. The summed E-state index contributed by atoms with van der Waals surface area (Å²) in [5, 5.41) is 3.07. The number of halogens is 1. The third-order valence-corrected chi connectivity index (χ3v) is 5.52. The second kappa shape index (κ2) is 8.05. The maximum absolute atomic E-state index is 12.4. The van der Waals surface area contributed by atoms with Crippen LogP contribution in [0.3, 0.4) is 0 Å². The molecule has 1 fully saturated rings. The van der Waals surface area contributed by atoms with E-state index < -0.39 is 0 Å². The van der Waals surface area contributed by atoms with Crippen LogP contribution in [0.15, 0.2) is 53.0 Å². The number of rotatable bonds is 4. The fourth-order valence-electron chi connectivity index (χ4n) is 3.21. The number of carbonyl (C=O) groups is 1. The molecule has 1 heterocycles. The monoisotopic (exact) mass is 400 g/mol. The van der Waals surface area contributed by atoms with Gasteiger partial charge in [-0.25, -0.2) is 0 Å². The van der Waals surface area contributed by atoms with Crippen LogP contribution in [0.2, 0.25) is 0 Å². The Bertz CT molecular complexity index is 704. The zero-order valence-corrected chi connectivity index (χ0v) is 16.4. The summed E-state index contributed by atoms with van der Waals surface area (Å²) in [6, 6.07) is 16.0. The average molecular weight is 401 g/mol. The van der Waals surface area contributed by atoms with Crippen LogP contribution in [-0.2, 0) is 0 Å². The summed E-state index contributed by atoms with van der Waals surface area (Å²) in [6.45, 7) is 6.62. The number of hydrogen-bond donors (Lipinski definition) is 1. The van der Waals surface area contributed by atoms with Crippen LogP contribution in [0.1, 0.15) is 48.7 Å². The van der Waals surface area contributed by atoms with Gasteiger partial charge in [0.2, 0.25) is 0 Å². The highest BCUT2D eigenvalue weighted by molar-refractivity contribution is 9.10. The Kier molecular flexibility index (Phi) is 5.79. The smallest absolute Gasteiger partial charge is 0.251 e. The molecule has 2 aromatic carbocycles. The SMILES string of the molecule is CC1CCN(c2ccc([C@H](C)NC(=O)c3ccc(Br)cc3)cc2)CC1. The lowest BCUT2D eigenvalue weighted by Crippen LogP contribution is -2.32. The predicted octanol–water partition coefficient (Wildman–Crippen LogP) is 5.18. The molecule has 25 heavy (non-hydrogen) atoms. The van der Waals surface area contributed by atoms with Crippen molar-refractivity contribution in [2.24, 2.45) is 5.92 Å². The van der Waals surface area contributed by atoms with Crippen LogP contribution in [0.5, 0.6) is 0 Å². The molecule has 0 saturated carbocycles. The van der Waals surface area contributed by atoms with E-state index in [1.807, 2.05) is 31.2 Å².